The molecule has 2 nitrogen and oxygen atoms in total. The van der Waals surface area contributed by atoms with Crippen LogP contribution in [0.2, 0.25) is 0 Å². The normalized spacial score (nSPS) is 12.6. The molecule has 38 heavy (non-hydrogen) atoms. The van der Waals surface area contributed by atoms with Gasteiger partial charge in [-0.1, -0.05) is 72.6 Å². The van der Waals surface area contributed by atoms with Crippen LogP contribution >= 0.6 is 0 Å². The van der Waals surface area contributed by atoms with Crippen molar-refractivity contribution in [1.82, 2.24) is 0 Å². The molecule has 0 saturated heterocycles. The van der Waals surface area contributed by atoms with E-state index in [1.54, 1.807) is 0 Å². The number of hydrogen-bond acceptors (Lipinski definition) is 2. The Morgan fingerprint density at radius 3 is 1.82 bits per heavy atom. The molecule has 0 aliphatic carbocycles. The zero-order valence-corrected chi connectivity index (χ0v) is 24.5. The highest BCUT2D eigenvalue weighted by Gasteiger charge is 2.14. The monoisotopic (exact) mass is 512 g/mol. The topological polar surface area (TPSA) is 40.5 Å². The number of fused-ring (bicyclic) bond motifs is 2. The molecule has 2 heteroatoms. The van der Waals surface area contributed by atoms with Gasteiger partial charge in [0.05, 0.1) is 0 Å². The molecule has 3 aromatic carbocycles. The lowest BCUT2D eigenvalue weighted by Crippen LogP contribution is -1.96. The summed E-state index contributed by atoms with van der Waals surface area (Å²) in [6.45, 7) is 13.2. The van der Waals surface area contributed by atoms with E-state index in [0.29, 0.717) is 11.3 Å². The van der Waals surface area contributed by atoms with Gasteiger partial charge >= 0.3 is 0 Å². The Kier molecular flexibility index (Phi) is 11.1. The molecule has 1 unspecified atom stereocenters. The standard InChI is InChI=1S/C36H48O2/c1-25(2)11-7-13-27(5)15-9-17-29-19-21-31-33(23-29)36(38)34-24-30(20-22-32(34)35(31)37)18-10-16-28(6)14-8-12-26(3)4/h11-12,15,19-24,28,37-38H,7-10,13-14,16-18H2,1-6H3/b27-15+. The molecule has 0 fully saturated rings. The van der Waals surface area contributed by atoms with Gasteiger partial charge in [-0.2, -0.15) is 0 Å². The van der Waals surface area contributed by atoms with Gasteiger partial charge < -0.3 is 10.2 Å². The zero-order chi connectivity index (χ0) is 27.7. The third kappa shape index (κ3) is 8.51. The Bertz CT molecular complexity index is 1310. The molecule has 0 bridgehead atoms. The first kappa shape index (κ1) is 29.6. The van der Waals surface area contributed by atoms with Crippen LogP contribution in [0.1, 0.15) is 97.6 Å². The molecular formula is C36H48O2. The zero-order valence-electron chi connectivity index (χ0n) is 24.5. The van der Waals surface area contributed by atoms with Crippen molar-refractivity contribution in [2.75, 3.05) is 0 Å². The average molecular weight is 513 g/mol. The Morgan fingerprint density at radius 1 is 0.658 bits per heavy atom. The van der Waals surface area contributed by atoms with Gasteiger partial charge in [-0.25, -0.2) is 0 Å². The summed E-state index contributed by atoms with van der Waals surface area (Å²) in [4.78, 5) is 0. The third-order valence-corrected chi connectivity index (χ3v) is 7.58. The Morgan fingerprint density at radius 2 is 1.21 bits per heavy atom. The molecule has 1 atom stereocenters. The molecule has 204 valence electrons. The van der Waals surface area contributed by atoms with E-state index < -0.39 is 0 Å². The fourth-order valence-corrected chi connectivity index (χ4v) is 5.22. The predicted molar refractivity (Wildman–Crippen MR) is 166 cm³/mol. The van der Waals surface area contributed by atoms with Crippen LogP contribution in [0.3, 0.4) is 0 Å². The first-order valence-electron chi connectivity index (χ1n) is 14.5. The summed E-state index contributed by atoms with van der Waals surface area (Å²) in [6.07, 6.45) is 16.8. The smallest absolute Gasteiger partial charge is 0.131 e. The molecule has 0 heterocycles. The molecule has 0 radical (unpaired) electrons. The van der Waals surface area contributed by atoms with Crippen molar-refractivity contribution in [1.29, 1.82) is 0 Å². The molecule has 0 aromatic heterocycles. The minimum absolute atomic E-state index is 0.258. The highest BCUT2D eigenvalue weighted by atomic mass is 16.3. The van der Waals surface area contributed by atoms with Crippen LogP contribution in [0.4, 0.5) is 0 Å². The summed E-state index contributed by atoms with van der Waals surface area (Å²) in [7, 11) is 0. The van der Waals surface area contributed by atoms with Gasteiger partial charge in [-0.05, 0) is 115 Å². The van der Waals surface area contributed by atoms with E-state index in [0.717, 1.165) is 61.1 Å². The van der Waals surface area contributed by atoms with Crippen molar-refractivity contribution in [2.24, 2.45) is 5.92 Å². The second-order valence-electron chi connectivity index (χ2n) is 11.7. The van der Waals surface area contributed by atoms with Crippen molar-refractivity contribution in [2.45, 2.75) is 99.3 Å². The first-order chi connectivity index (χ1) is 18.2. The molecule has 0 saturated carbocycles. The SMILES string of the molecule is CC(C)=CCC/C(C)=C/CCc1ccc2c(O)c3ccc(CCCC(C)CCC=C(C)C)cc3c(O)c2c1. The molecule has 0 amide bonds. The second-order valence-corrected chi connectivity index (χ2v) is 11.7. The van der Waals surface area contributed by atoms with Gasteiger partial charge in [-0.3, -0.25) is 0 Å². The lowest BCUT2D eigenvalue weighted by molar-refractivity contribution is 0.477. The maximum atomic E-state index is 11.3. The van der Waals surface area contributed by atoms with Gasteiger partial charge in [0.1, 0.15) is 11.5 Å². The second kappa shape index (κ2) is 14.2. The minimum Gasteiger partial charge on any atom is -0.507 e. The maximum absolute atomic E-state index is 11.3. The lowest BCUT2D eigenvalue weighted by Gasteiger charge is -2.13. The van der Waals surface area contributed by atoms with E-state index in [9.17, 15) is 10.2 Å². The summed E-state index contributed by atoms with van der Waals surface area (Å²) in [5.74, 6) is 1.25. The molecule has 2 N–H and O–H groups in total. The van der Waals surface area contributed by atoms with E-state index in [1.165, 1.54) is 40.7 Å². The van der Waals surface area contributed by atoms with Gasteiger partial charge in [0.2, 0.25) is 0 Å². The van der Waals surface area contributed by atoms with Crippen molar-refractivity contribution >= 4 is 21.5 Å². The summed E-state index contributed by atoms with van der Waals surface area (Å²) in [5, 5.41) is 25.2. The molecule has 3 aromatic rings. The molecular weight excluding hydrogens is 464 g/mol. The Labute approximate surface area is 230 Å². The Hall–Kier alpha value is -3.00. The predicted octanol–water partition coefficient (Wildman–Crippen LogP) is 10.7. The Balaban J connectivity index is 1.71. The van der Waals surface area contributed by atoms with E-state index in [-0.39, 0.29) is 11.5 Å². The fraction of sp³-hybridized carbons (Fsp3) is 0.444. The van der Waals surface area contributed by atoms with E-state index in [1.807, 2.05) is 12.1 Å². The van der Waals surface area contributed by atoms with Crippen LogP contribution in [0.15, 0.2) is 71.3 Å². The fourth-order valence-electron chi connectivity index (χ4n) is 5.22. The number of aryl methyl sites for hydroxylation is 2. The molecule has 0 aliphatic rings. The van der Waals surface area contributed by atoms with Crippen molar-refractivity contribution in [3.8, 4) is 11.5 Å². The highest BCUT2D eigenvalue weighted by Crippen LogP contribution is 2.42. The quantitative estimate of drug-likeness (QED) is 0.136. The number of rotatable bonds is 13. The van der Waals surface area contributed by atoms with E-state index in [4.69, 9.17) is 0 Å². The molecule has 0 aliphatic heterocycles. The van der Waals surface area contributed by atoms with E-state index in [2.05, 4.69) is 84.0 Å². The van der Waals surface area contributed by atoms with Crippen molar-refractivity contribution in [3.63, 3.8) is 0 Å². The summed E-state index contributed by atoms with van der Waals surface area (Å²) in [6, 6.07) is 12.2. The molecule has 3 rings (SSSR count). The highest BCUT2D eigenvalue weighted by molar-refractivity contribution is 6.10. The van der Waals surface area contributed by atoms with Crippen LogP contribution in [0.5, 0.6) is 11.5 Å². The number of hydrogen-bond donors (Lipinski definition) is 2. The number of phenols is 2. The first-order valence-corrected chi connectivity index (χ1v) is 14.5. The van der Waals surface area contributed by atoms with Gasteiger partial charge in [0.25, 0.3) is 0 Å². The summed E-state index contributed by atoms with van der Waals surface area (Å²) in [5.41, 5.74) is 6.58. The van der Waals surface area contributed by atoms with E-state index >= 15 is 0 Å². The van der Waals surface area contributed by atoms with Gasteiger partial charge in [0, 0.05) is 21.5 Å². The minimum atomic E-state index is 0.258. The average Bonchev–Trinajstić information content (AvgIpc) is 2.86. The van der Waals surface area contributed by atoms with Gasteiger partial charge in [0.15, 0.2) is 0 Å². The van der Waals surface area contributed by atoms with Crippen LogP contribution < -0.4 is 0 Å². The van der Waals surface area contributed by atoms with Crippen LogP contribution in [-0.4, -0.2) is 10.2 Å². The number of aromatic hydroxyl groups is 2. The van der Waals surface area contributed by atoms with Crippen LogP contribution in [0.25, 0.3) is 21.5 Å². The number of benzene rings is 3. The van der Waals surface area contributed by atoms with Crippen LogP contribution in [-0.2, 0) is 12.8 Å². The third-order valence-electron chi connectivity index (χ3n) is 7.58. The molecule has 0 spiro atoms. The summed E-state index contributed by atoms with van der Waals surface area (Å²) >= 11 is 0. The lowest BCUT2D eigenvalue weighted by atomic mass is 9.94. The summed E-state index contributed by atoms with van der Waals surface area (Å²) < 4.78 is 0. The maximum Gasteiger partial charge on any atom is 0.131 e. The van der Waals surface area contributed by atoms with Crippen molar-refractivity contribution in [3.05, 3.63) is 82.5 Å². The van der Waals surface area contributed by atoms with Gasteiger partial charge in [-0.15, -0.1) is 0 Å². The van der Waals surface area contributed by atoms with Crippen molar-refractivity contribution < 1.29 is 10.2 Å². The van der Waals surface area contributed by atoms with Crippen LogP contribution in [0, 0.1) is 5.92 Å². The number of phenolic OH excluding ortho intramolecular Hbond substituents is 2. The largest absolute Gasteiger partial charge is 0.507 e. The number of allylic oxidation sites excluding steroid dienone is 6.